The molecule has 0 aliphatic heterocycles. The van der Waals surface area contributed by atoms with Gasteiger partial charge in [0.25, 0.3) is 5.92 Å². The van der Waals surface area contributed by atoms with Crippen molar-refractivity contribution >= 4 is 0 Å². The van der Waals surface area contributed by atoms with E-state index in [-0.39, 0.29) is 6.61 Å². The molecule has 4 aromatic carbocycles. The second-order valence-electron chi connectivity index (χ2n) is 9.52. The first-order chi connectivity index (χ1) is 18.1. The summed E-state index contributed by atoms with van der Waals surface area (Å²) in [5.41, 5.74) is 5.85. The van der Waals surface area contributed by atoms with E-state index in [0.29, 0.717) is 22.9 Å². The van der Waals surface area contributed by atoms with Crippen molar-refractivity contribution in [2.45, 2.75) is 30.5 Å². The normalized spacial score (nSPS) is 20.9. The molecule has 182 valence electrons. The molecule has 0 amide bonds. The second kappa shape index (κ2) is 8.46. The number of aromatic nitrogens is 2. The molecule has 7 rings (SSSR count). The third-order valence-electron chi connectivity index (χ3n) is 7.36. The summed E-state index contributed by atoms with van der Waals surface area (Å²) in [6.45, 7) is 0.0637. The van der Waals surface area contributed by atoms with E-state index in [1.807, 2.05) is 78.9 Å². The fourth-order valence-corrected chi connectivity index (χ4v) is 5.53. The van der Waals surface area contributed by atoms with Gasteiger partial charge in [0.1, 0.15) is 12.7 Å². The lowest BCUT2D eigenvalue weighted by atomic mass is 9.94. The third-order valence-corrected chi connectivity index (χ3v) is 7.36. The SMILES string of the molecule is FC1(F)C2c3ccccc3C(OCc3nnc(-c4ccc(-c5ccccc5)cc4)o3)c3ccccc3C21. The molecule has 1 fully saturated rings. The lowest BCUT2D eigenvalue weighted by Crippen LogP contribution is -2.12. The van der Waals surface area contributed by atoms with Crippen LogP contribution in [0.2, 0.25) is 0 Å². The first kappa shape index (κ1) is 22.1. The molecule has 0 spiro atoms. The van der Waals surface area contributed by atoms with Gasteiger partial charge in [0.05, 0.1) is 11.8 Å². The van der Waals surface area contributed by atoms with Gasteiger partial charge in [-0.3, -0.25) is 0 Å². The van der Waals surface area contributed by atoms with Crippen LogP contribution in [0.1, 0.15) is 46.1 Å². The number of fused-ring (bicyclic) bond motifs is 5. The van der Waals surface area contributed by atoms with Crippen LogP contribution < -0.4 is 0 Å². The van der Waals surface area contributed by atoms with Crippen LogP contribution >= 0.6 is 0 Å². The van der Waals surface area contributed by atoms with Crippen LogP contribution in [0.25, 0.3) is 22.6 Å². The summed E-state index contributed by atoms with van der Waals surface area (Å²) in [4.78, 5) is 0. The summed E-state index contributed by atoms with van der Waals surface area (Å²) in [5.74, 6) is -3.67. The minimum Gasteiger partial charge on any atom is -0.418 e. The molecule has 1 saturated carbocycles. The maximum absolute atomic E-state index is 14.8. The molecule has 1 aromatic heterocycles. The van der Waals surface area contributed by atoms with Crippen LogP contribution in [-0.4, -0.2) is 16.1 Å². The highest BCUT2D eigenvalue weighted by atomic mass is 19.3. The Labute approximate surface area is 212 Å². The number of ether oxygens (including phenoxy) is 1. The molecule has 0 saturated heterocycles. The van der Waals surface area contributed by atoms with Crippen molar-refractivity contribution < 1.29 is 17.9 Å². The Balaban J connectivity index is 1.15. The fourth-order valence-electron chi connectivity index (χ4n) is 5.53. The van der Waals surface area contributed by atoms with E-state index in [2.05, 4.69) is 22.3 Å². The maximum Gasteiger partial charge on any atom is 0.263 e. The van der Waals surface area contributed by atoms with Crippen molar-refractivity contribution in [2.24, 2.45) is 0 Å². The van der Waals surface area contributed by atoms with E-state index in [9.17, 15) is 8.78 Å². The monoisotopic (exact) mass is 492 g/mol. The Morgan fingerprint density at radius 3 is 1.76 bits per heavy atom. The van der Waals surface area contributed by atoms with Crippen molar-refractivity contribution in [1.82, 2.24) is 10.2 Å². The molecular weight excluding hydrogens is 470 g/mol. The summed E-state index contributed by atoms with van der Waals surface area (Å²) >= 11 is 0. The number of nitrogens with zero attached hydrogens (tertiary/aromatic N) is 2. The molecular formula is C31H22F2N2O2. The molecule has 2 aliphatic rings. The fraction of sp³-hybridized carbons (Fsp3) is 0.161. The van der Waals surface area contributed by atoms with Crippen LogP contribution in [-0.2, 0) is 11.3 Å². The van der Waals surface area contributed by atoms with Crippen LogP contribution in [0.3, 0.4) is 0 Å². The average Bonchev–Trinajstić information content (AvgIpc) is 3.26. The van der Waals surface area contributed by atoms with E-state index in [1.54, 1.807) is 12.1 Å². The standard InChI is InChI=1S/C31H22F2N2O2/c32-31(33)27-22-10-4-6-12-24(22)29(25-13-7-5-11-23(25)28(27)31)36-18-26-34-35-30(37-26)21-16-14-20(15-17-21)19-8-2-1-3-9-19/h1-17,27-29H,18H2. The van der Waals surface area contributed by atoms with E-state index in [4.69, 9.17) is 9.15 Å². The van der Waals surface area contributed by atoms with Crippen molar-refractivity contribution in [2.75, 3.05) is 0 Å². The summed E-state index contributed by atoms with van der Waals surface area (Å²) in [5, 5.41) is 8.38. The average molecular weight is 493 g/mol. The van der Waals surface area contributed by atoms with Gasteiger partial charge in [-0.05, 0) is 45.5 Å². The zero-order valence-corrected chi connectivity index (χ0v) is 19.7. The molecule has 4 nitrogen and oxygen atoms in total. The minimum atomic E-state index is -2.76. The molecule has 37 heavy (non-hydrogen) atoms. The first-order valence-corrected chi connectivity index (χ1v) is 12.3. The number of halogens is 2. The summed E-state index contributed by atoms with van der Waals surface area (Å²) in [7, 11) is 0. The molecule has 2 aliphatic carbocycles. The second-order valence-corrected chi connectivity index (χ2v) is 9.52. The number of hydrogen-bond acceptors (Lipinski definition) is 4. The maximum atomic E-state index is 14.8. The van der Waals surface area contributed by atoms with Crippen molar-refractivity contribution in [3.8, 4) is 22.6 Å². The minimum absolute atomic E-state index is 0.0637. The van der Waals surface area contributed by atoms with Gasteiger partial charge < -0.3 is 9.15 Å². The smallest absolute Gasteiger partial charge is 0.263 e. The highest BCUT2D eigenvalue weighted by Gasteiger charge is 2.71. The molecule has 0 N–H and O–H groups in total. The van der Waals surface area contributed by atoms with Crippen molar-refractivity contribution in [3.63, 3.8) is 0 Å². The Kier molecular flexibility index (Phi) is 5.04. The van der Waals surface area contributed by atoms with Crippen molar-refractivity contribution in [3.05, 3.63) is 131 Å². The quantitative estimate of drug-likeness (QED) is 0.254. The Bertz CT molecular complexity index is 1530. The molecule has 6 heteroatoms. The van der Waals surface area contributed by atoms with Gasteiger partial charge >= 0.3 is 0 Å². The highest BCUT2D eigenvalue weighted by Crippen LogP contribution is 2.70. The molecule has 0 radical (unpaired) electrons. The summed E-state index contributed by atoms with van der Waals surface area (Å²) < 4.78 is 41.9. The molecule has 2 unspecified atom stereocenters. The Morgan fingerprint density at radius 1 is 0.622 bits per heavy atom. The van der Waals surface area contributed by atoms with Gasteiger partial charge in [-0.1, -0.05) is 91.0 Å². The molecule has 0 bridgehead atoms. The number of rotatable bonds is 5. The van der Waals surface area contributed by atoms with Crippen LogP contribution in [0.4, 0.5) is 8.78 Å². The number of alkyl halides is 2. The predicted molar refractivity (Wildman–Crippen MR) is 135 cm³/mol. The van der Waals surface area contributed by atoms with Crippen LogP contribution in [0.15, 0.2) is 108 Å². The zero-order chi connectivity index (χ0) is 25.0. The lowest BCUT2D eigenvalue weighted by Gasteiger charge is -2.22. The number of benzene rings is 4. The van der Waals surface area contributed by atoms with E-state index in [1.165, 1.54) is 0 Å². The number of hydrogen-bond donors (Lipinski definition) is 0. The van der Waals surface area contributed by atoms with Crippen molar-refractivity contribution in [1.29, 1.82) is 0 Å². The predicted octanol–water partition coefficient (Wildman–Crippen LogP) is 7.54. The van der Waals surface area contributed by atoms with E-state index >= 15 is 0 Å². The molecule has 5 aromatic rings. The summed E-state index contributed by atoms with van der Waals surface area (Å²) in [6.07, 6.45) is -0.503. The molecule has 2 atom stereocenters. The summed E-state index contributed by atoms with van der Waals surface area (Å²) in [6, 6.07) is 32.7. The zero-order valence-electron chi connectivity index (χ0n) is 19.7. The van der Waals surface area contributed by atoms with E-state index < -0.39 is 23.9 Å². The van der Waals surface area contributed by atoms with Gasteiger partial charge in [-0.2, -0.15) is 0 Å². The van der Waals surface area contributed by atoms with Crippen LogP contribution in [0, 0.1) is 0 Å². The third kappa shape index (κ3) is 3.67. The topological polar surface area (TPSA) is 48.2 Å². The van der Waals surface area contributed by atoms with Crippen LogP contribution in [0.5, 0.6) is 0 Å². The molecule has 1 heterocycles. The Morgan fingerprint density at radius 2 is 1.14 bits per heavy atom. The van der Waals surface area contributed by atoms with Gasteiger partial charge in [-0.15, -0.1) is 10.2 Å². The van der Waals surface area contributed by atoms with Gasteiger partial charge in [0.2, 0.25) is 11.8 Å². The Hall–Kier alpha value is -4.16. The lowest BCUT2D eigenvalue weighted by molar-refractivity contribution is 0.0498. The van der Waals surface area contributed by atoms with Gasteiger partial charge in [-0.25, -0.2) is 8.78 Å². The largest absolute Gasteiger partial charge is 0.418 e. The highest BCUT2D eigenvalue weighted by molar-refractivity contribution is 5.67. The van der Waals surface area contributed by atoms with Gasteiger partial charge in [0, 0.05) is 5.56 Å². The van der Waals surface area contributed by atoms with E-state index in [0.717, 1.165) is 27.8 Å². The van der Waals surface area contributed by atoms with Gasteiger partial charge in [0.15, 0.2) is 0 Å². The first-order valence-electron chi connectivity index (χ1n) is 12.3.